The number of rotatable bonds is 9. The molecule has 1 aromatic heterocycles. The highest BCUT2D eigenvalue weighted by Gasteiger charge is 2.10. The van der Waals surface area contributed by atoms with Gasteiger partial charge in [-0.3, -0.25) is 4.79 Å². The summed E-state index contributed by atoms with van der Waals surface area (Å²) in [5.74, 6) is 0.597. The summed E-state index contributed by atoms with van der Waals surface area (Å²) in [6.07, 6.45) is 0. The van der Waals surface area contributed by atoms with Crippen LogP contribution in [0.5, 0.6) is 0 Å². The maximum atomic E-state index is 11.3. The van der Waals surface area contributed by atoms with E-state index in [2.05, 4.69) is 34.7 Å². The predicted molar refractivity (Wildman–Crippen MR) is 72.9 cm³/mol. The van der Waals surface area contributed by atoms with Crippen LogP contribution >= 0.6 is 11.8 Å². The fraction of sp³-hybridized carbons (Fsp3) is 0.818. The lowest BCUT2D eigenvalue weighted by Gasteiger charge is -2.07. The molecule has 0 aromatic carbocycles. The fourth-order valence-electron chi connectivity index (χ4n) is 1.34. The molecule has 1 rings (SSSR count). The van der Waals surface area contributed by atoms with Crippen molar-refractivity contribution in [1.82, 2.24) is 25.5 Å². The molecule has 0 unspecified atom stereocenters. The van der Waals surface area contributed by atoms with Crippen molar-refractivity contribution in [3.63, 3.8) is 0 Å². The summed E-state index contributed by atoms with van der Waals surface area (Å²) in [5, 5.41) is 15.4. The van der Waals surface area contributed by atoms with Crippen molar-refractivity contribution >= 4 is 17.7 Å². The van der Waals surface area contributed by atoms with Crippen molar-refractivity contribution in [2.24, 2.45) is 5.92 Å². The minimum absolute atomic E-state index is 0.230. The van der Waals surface area contributed by atoms with Crippen LogP contribution < -0.4 is 5.32 Å². The van der Waals surface area contributed by atoms with E-state index in [0.29, 0.717) is 24.2 Å². The average Bonchev–Trinajstić information content (AvgIpc) is 2.80. The highest BCUT2D eigenvalue weighted by molar-refractivity contribution is 7.99. The van der Waals surface area contributed by atoms with Crippen molar-refractivity contribution in [2.45, 2.75) is 32.5 Å². The summed E-state index contributed by atoms with van der Waals surface area (Å²) in [6.45, 7) is 8.94. The minimum Gasteiger partial charge on any atom is -0.465 e. The molecule has 0 saturated carbocycles. The zero-order valence-corrected chi connectivity index (χ0v) is 12.4. The van der Waals surface area contributed by atoms with Crippen LogP contribution in [0.3, 0.4) is 0 Å². The van der Waals surface area contributed by atoms with Crippen molar-refractivity contribution in [3.05, 3.63) is 0 Å². The summed E-state index contributed by atoms with van der Waals surface area (Å²) >= 11 is 1.29. The maximum Gasteiger partial charge on any atom is 0.316 e. The first-order valence-electron chi connectivity index (χ1n) is 6.38. The zero-order valence-electron chi connectivity index (χ0n) is 11.6. The van der Waals surface area contributed by atoms with E-state index in [-0.39, 0.29) is 11.7 Å². The number of carbonyl (C=O) groups is 1. The predicted octanol–water partition coefficient (Wildman–Crippen LogP) is 0.574. The van der Waals surface area contributed by atoms with Gasteiger partial charge in [-0.1, -0.05) is 25.6 Å². The van der Waals surface area contributed by atoms with Gasteiger partial charge in [-0.05, 0) is 29.8 Å². The first-order valence-corrected chi connectivity index (χ1v) is 7.37. The van der Waals surface area contributed by atoms with Gasteiger partial charge in [0.2, 0.25) is 5.16 Å². The van der Waals surface area contributed by atoms with Crippen molar-refractivity contribution in [3.8, 4) is 0 Å². The Morgan fingerprint density at radius 1 is 1.53 bits per heavy atom. The molecule has 0 saturated heterocycles. The average molecular weight is 287 g/mol. The Hall–Kier alpha value is -1.15. The van der Waals surface area contributed by atoms with E-state index in [1.54, 1.807) is 11.6 Å². The lowest BCUT2D eigenvalue weighted by atomic mass is 10.2. The minimum atomic E-state index is -0.250. The summed E-state index contributed by atoms with van der Waals surface area (Å²) in [6, 6.07) is 0. The van der Waals surface area contributed by atoms with Crippen LogP contribution in [-0.4, -0.2) is 51.6 Å². The van der Waals surface area contributed by atoms with Gasteiger partial charge in [0.1, 0.15) is 0 Å². The number of ether oxygens (including phenoxy) is 1. The van der Waals surface area contributed by atoms with Crippen LogP contribution in [0, 0.1) is 5.92 Å². The third-order valence-corrected chi connectivity index (χ3v) is 3.11. The molecule has 0 aliphatic rings. The molecule has 0 aliphatic carbocycles. The van der Waals surface area contributed by atoms with Gasteiger partial charge in [-0.15, -0.1) is 5.10 Å². The van der Waals surface area contributed by atoms with E-state index < -0.39 is 0 Å². The van der Waals surface area contributed by atoms with Gasteiger partial charge in [0.25, 0.3) is 0 Å². The van der Waals surface area contributed by atoms with Crippen LogP contribution in [0.1, 0.15) is 20.8 Å². The van der Waals surface area contributed by atoms with Gasteiger partial charge in [0, 0.05) is 6.54 Å². The Bertz CT molecular complexity index is 383. The maximum absolute atomic E-state index is 11.3. The molecule has 0 spiro atoms. The van der Waals surface area contributed by atoms with Crippen LogP contribution in [0.2, 0.25) is 0 Å². The second-order valence-electron chi connectivity index (χ2n) is 4.38. The molecule has 8 heteroatoms. The van der Waals surface area contributed by atoms with Gasteiger partial charge in [0.15, 0.2) is 0 Å². The van der Waals surface area contributed by atoms with Gasteiger partial charge >= 0.3 is 5.97 Å². The molecular weight excluding hydrogens is 266 g/mol. The molecule has 0 radical (unpaired) electrons. The van der Waals surface area contributed by atoms with E-state index in [1.807, 2.05) is 0 Å². The lowest BCUT2D eigenvalue weighted by molar-refractivity contribution is -0.139. The zero-order chi connectivity index (χ0) is 14.1. The Kier molecular flexibility index (Phi) is 7.42. The molecule has 19 heavy (non-hydrogen) atoms. The summed E-state index contributed by atoms with van der Waals surface area (Å²) < 4.78 is 6.55. The number of aromatic nitrogens is 4. The molecule has 108 valence electrons. The highest BCUT2D eigenvalue weighted by Crippen LogP contribution is 2.13. The Morgan fingerprint density at radius 2 is 2.32 bits per heavy atom. The number of carbonyl (C=O) groups excluding carboxylic acids is 1. The standard InChI is InChI=1S/C11H21N5O2S/c1-4-18-10(17)8-19-11-13-14-15-16(11)6-5-12-7-9(2)3/h9,12H,4-8H2,1-3H3. The first kappa shape index (κ1) is 15.9. The molecule has 7 nitrogen and oxygen atoms in total. The van der Waals surface area contributed by atoms with Crippen LogP contribution in [0.4, 0.5) is 0 Å². The SMILES string of the molecule is CCOC(=O)CSc1nnnn1CCNCC(C)C. The number of esters is 1. The molecule has 0 fully saturated rings. The van der Waals surface area contributed by atoms with Gasteiger partial charge in [-0.25, -0.2) is 4.68 Å². The Labute approximate surface area is 117 Å². The molecule has 0 aliphatic heterocycles. The second kappa shape index (κ2) is 8.87. The van der Waals surface area contributed by atoms with E-state index in [0.717, 1.165) is 13.1 Å². The molecule has 0 bridgehead atoms. The largest absolute Gasteiger partial charge is 0.465 e. The smallest absolute Gasteiger partial charge is 0.316 e. The third-order valence-electron chi connectivity index (χ3n) is 2.18. The molecule has 1 aromatic rings. The third kappa shape index (κ3) is 6.53. The molecule has 1 heterocycles. The second-order valence-corrected chi connectivity index (χ2v) is 5.32. The summed E-state index contributed by atoms with van der Waals surface area (Å²) in [5.41, 5.74) is 0. The first-order chi connectivity index (χ1) is 9.13. The summed E-state index contributed by atoms with van der Waals surface area (Å²) in [4.78, 5) is 11.3. The normalized spacial score (nSPS) is 10.9. The monoisotopic (exact) mass is 287 g/mol. The van der Waals surface area contributed by atoms with Crippen molar-refractivity contribution in [1.29, 1.82) is 0 Å². The number of nitrogens with one attached hydrogen (secondary N) is 1. The fourth-order valence-corrected chi connectivity index (χ4v) is 2.04. The number of nitrogens with zero attached hydrogens (tertiary/aromatic N) is 4. The van der Waals surface area contributed by atoms with Crippen molar-refractivity contribution in [2.75, 3.05) is 25.4 Å². The van der Waals surface area contributed by atoms with E-state index in [1.165, 1.54) is 11.8 Å². The number of hydrogen-bond acceptors (Lipinski definition) is 7. The summed E-state index contributed by atoms with van der Waals surface area (Å²) in [7, 11) is 0. The molecule has 0 amide bonds. The number of thioether (sulfide) groups is 1. The number of hydrogen-bond donors (Lipinski definition) is 1. The molecular formula is C11H21N5O2S. The topological polar surface area (TPSA) is 81.9 Å². The van der Waals surface area contributed by atoms with Gasteiger partial charge in [-0.2, -0.15) is 0 Å². The van der Waals surface area contributed by atoms with Gasteiger partial charge in [0.05, 0.1) is 18.9 Å². The van der Waals surface area contributed by atoms with E-state index in [4.69, 9.17) is 4.74 Å². The van der Waals surface area contributed by atoms with Crippen LogP contribution in [0.15, 0.2) is 5.16 Å². The quantitative estimate of drug-likeness (QED) is 0.404. The lowest BCUT2D eigenvalue weighted by Crippen LogP contribution is -2.24. The van der Waals surface area contributed by atoms with Gasteiger partial charge < -0.3 is 10.1 Å². The molecule has 0 atom stereocenters. The van der Waals surface area contributed by atoms with E-state index >= 15 is 0 Å². The highest BCUT2D eigenvalue weighted by atomic mass is 32.2. The molecule has 1 N–H and O–H groups in total. The number of tetrazole rings is 1. The van der Waals surface area contributed by atoms with Crippen LogP contribution in [-0.2, 0) is 16.1 Å². The van der Waals surface area contributed by atoms with Crippen molar-refractivity contribution < 1.29 is 9.53 Å². The Morgan fingerprint density at radius 3 is 3.00 bits per heavy atom. The Balaban J connectivity index is 2.31. The van der Waals surface area contributed by atoms with Crippen LogP contribution in [0.25, 0.3) is 0 Å². The van der Waals surface area contributed by atoms with E-state index in [9.17, 15) is 4.79 Å².